The Hall–Kier alpha value is -2.57. The second-order valence-corrected chi connectivity index (χ2v) is 8.16. The minimum Gasteiger partial charge on any atom is -0.492 e. The fourth-order valence-corrected chi connectivity index (χ4v) is 4.59. The third-order valence-corrected chi connectivity index (χ3v) is 6.12. The molecule has 2 aromatic carbocycles. The second-order valence-electron chi connectivity index (χ2n) is 8.16. The maximum absolute atomic E-state index is 11.7. The van der Waals surface area contributed by atoms with Crippen LogP contribution in [0.25, 0.3) is 0 Å². The predicted octanol–water partition coefficient (Wildman–Crippen LogP) is 3.00. The third kappa shape index (κ3) is 4.94. The molecule has 0 aromatic heterocycles. The van der Waals surface area contributed by atoms with Crippen molar-refractivity contribution in [2.45, 2.75) is 25.0 Å². The van der Waals surface area contributed by atoms with E-state index in [0.29, 0.717) is 29.8 Å². The van der Waals surface area contributed by atoms with E-state index in [2.05, 4.69) is 4.90 Å². The van der Waals surface area contributed by atoms with Crippen molar-refractivity contribution in [3.63, 3.8) is 0 Å². The average Bonchev–Trinajstić information content (AvgIpc) is 3.15. The van der Waals surface area contributed by atoms with Gasteiger partial charge in [-0.1, -0.05) is 24.3 Å². The highest BCUT2D eigenvalue weighted by atomic mass is 16.5. The normalized spacial score (nSPS) is 26.1. The Morgan fingerprint density at radius 1 is 1.03 bits per heavy atom. The Labute approximate surface area is 177 Å². The smallest absolute Gasteiger partial charge is 0.337 e. The van der Waals surface area contributed by atoms with Crippen LogP contribution in [0.1, 0.15) is 23.2 Å². The van der Waals surface area contributed by atoms with Crippen LogP contribution in [-0.4, -0.2) is 61.5 Å². The summed E-state index contributed by atoms with van der Waals surface area (Å²) >= 11 is 0. The standard InChI is InChI=1S/C24H29NO5/c1-28-24(27)17-6-5-9-21(12-17)30-23-14-19-16-25(15-18(19)13-22(23)26)10-11-29-20-7-3-2-4-8-20/h2-9,12,18-19,22-23,26H,10-11,13-16H2,1H3/t18-,19+,22+,23+/m0/s1. The Balaban J connectivity index is 1.29. The first-order valence-electron chi connectivity index (χ1n) is 10.6. The molecule has 6 nitrogen and oxygen atoms in total. The van der Waals surface area contributed by atoms with E-state index < -0.39 is 12.1 Å². The van der Waals surface area contributed by atoms with Crippen molar-refractivity contribution in [1.29, 1.82) is 0 Å². The lowest BCUT2D eigenvalue weighted by Gasteiger charge is -2.35. The highest BCUT2D eigenvalue weighted by molar-refractivity contribution is 5.89. The molecule has 0 radical (unpaired) electrons. The van der Waals surface area contributed by atoms with Crippen LogP contribution in [0, 0.1) is 11.8 Å². The molecule has 1 saturated carbocycles. The number of fused-ring (bicyclic) bond motifs is 1. The Bertz CT molecular complexity index is 842. The Morgan fingerprint density at radius 3 is 2.53 bits per heavy atom. The summed E-state index contributed by atoms with van der Waals surface area (Å²) in [5.74, 6) is 2.07. The molecule has 1 aliphatic heterocycles. The molecule has 2 aliphatic rings. The molecule has 0 bridgehead atoms. The highest BCUT2D eigenvalue weighted by Crippen LogP contribution is 2.38. The van der Waals surface area contributed by atoms with Gasteiger partial charge in [-0.25, -0.2) is 4.79 Å². The molecule has 4 atom stereocenters. The summed E-state index contributed by atoms with van der Waals surface area (Å²) in [5, 5.41) is 10.7. The van der Waals surface area contributed by atoms with Gasteiger partial charge in [0.05, 0.1) is 18.8 Å². The molecule has 6 heteroatoms. The van der Waals surface area contributed by atoms with Crippen LogP contribution >= 0.6 is 0 Å². The number of nitrogens with zero attached hydrogens (tertiary/aromatic N) is 1. The van der Waals surface area contributed by atoms with E-state index in [9.17, 15) is 9.90 Å². The summed E-state index contributed by atoms with van der Waals surface area (Å²) in [6, 6.07) is 16.8. The number of para-hydroxylation sites is 1. The fourth-order valence-electron chi connectivity index (χ4n) is 4.59. The number of hydrogen-bond acceptors (Lipinski definition) is 6. The lowest BCUT2D eigenvalue weighted by atomic mass is 9.78. The van der Waals surface area contributed by atoms with Crippen molar-refractivity contribution in [2.24, 2.45) is 11.8 Å². The fraction of sp³-hybridized carbons (Fsp3) is 0.458. The number of ether oxygens (including phenoxy) is 3. The van der Waals surface area contributed by atoms with Gasteiger partial charge in [-0.2, -0.15) is 0 Å². The average molecular weight is 411 g/mol. The van der Waals surface area contributed by atoms with Crippen molar-refractivity contribution in [1.82, 2.24) is 4.90 Å². The summed E-state index contributed by atoms with van der Waals surface area (Å²) in [4.78, 5) is 14.2. The summed E-state index contributed by atoms with van der Waals surface area (Å²) < 4.78 is 16.7. The van der Waals surface area contributed by atoms with Crippen molar-refractivity contribution in [3.8, 4) is 11.5 Å². The van der Waals surface area contributed by atoms with Gasteiger partial charge in [0, 0.05) is 19.6 Å². The zero-order valence-electron chi connectivity index (χ0n) is 17.3. The molecule has 1 aliphatic carbocycles. The maximum atomic E-state index is 11.7. The molecule has 0 amide bonds. The lowest BCUT2D eigenvalue weighted by molar-refractivity contribution is -0.0231. The highest BCUT2D eigenvalue weighted by Gasteiger charge is 2.42. The van der Waals surface area contributed by atoms with Gasteiger partial charge in [-0.3, -0.25) is 4.90 Å². The topological polar surface area (TPSA) is 68.2 Å². The first-order valence-corrected chi connectivity index (χ1v) is 10.6. The Morgan fingerprint density at radius 2 is 1.77 bits per heavy atom. The van der Waals surface area contributed by atoms with Gasteiger partial charge in [-0.15, -0.1) is 0 Å². The third-order valence-electron chi connectivity index (χ3n) is 6.12. The second kappa shape index (κ2) is 9.49. The monoisotopic (exact) mass is 411 g/mol. The van der Waals surface area contributed by atoms with E-state index in [1.807, 2.05) is 36.4 Å². The van der Waals surface area contributed by atoms with Crippen LogP contribution in [-0.2, 0) is 4.74 Å². The number of carbonyl (C=O) groups excluding carboxylic acids is 1. The van der Waals surface area contributed by atoms with Gasteiger partial charge in [0.15, 0.2) is 0 Å². The summed E-state index contributed by atoms with van der Waals surface area (Å²) in [6.07, 6.45) is 0.778. The van der Waals surface area contributed by atoms with Gasteiger partial charge in [0.1, 0.15) is 24.2 Å². The minimum atomic E-state index is -0.506. The minimum absolute atomic E-state index is 0.264. The van der Waals surface area contributed by atoms with Gasteiger partial charge in [-0.05, 0) is 55.0 Å². The van der Waals surface area contributed by atoms with Crippen molar-refractivity contribution >= 4 is 5.97 Å². The van der Waals surface area contributed by atoms with E-state index in [1.54, 1.807) is 18.2 Å². The van der Waals surface area contributed by atoms with Crippen molar-refractivity contribution < 1.29 is 24.1 Å². The largest absolute Gasteiger partial charge is 0.492 e. The van der Waals surface area contributed by atoms with Crippen LogP contribution in [0.15, 0.2) is 54.6 Å². The molecule has 1 heterocycles. The molecule has 1 N–H and O–H groups in total. The van der Waals surface area contributed by atoms with Crippen LogP contribution in [0.2, 0.25) is 0 Å². The zero-order valence-corrected chi connectivity index (χ0v) is 17.3. The molecule has 4 rings (SSSR count). The molecule has 1 saturated heterocycles. The van der Waals surface area contributed by atoms with Crippen LogP contribution in [0.4, 0.5) is 0 Å². The van der Waals surface area contributed by atoms with Gasteiger partial charge >= 0.3 is 5.97 Å². The first-order chi connectivity index (χ1) is 14.6. The molecule has 2 aromatic rings. The molecular weight excluding hydrogens is 382 g/mol. The van der Waals surface area contributed by atoms with Crippen molar-refractivity contribution in [3.05, 3.63) is 60.2 Å². The molecule has 30 heavy (non-hydrogen) atoms. The SMILES string of the molecule is COC(=O)c1cccc(O[C@@H]2C[C@@H]3CN(CCOc4ccccc4)C[C@@H]3C[C@H]2O)c1. The van der Waals surface area contributed by atoms with Crippen LogP contribution < -0.4 is 9.47 Å². The lowest BCUT2D eigenvalue weighted by Crippen LogP contribution is -2.42. The van der Waals surface area contributed by atoms with Crippen molar-refractivity contribution in [2.75, 3.05) is 33.4 Å². The predicted molar refractivity (Wildman–Crippen MR) is 113 cm³/mol. The van der Waals surface area contributed by atoms with Gasteiger partial charge in [0.2, 0.25) is 0 Å². The quantitative estimate of drug-likeness (QED) is 0.707. The van der Waals surface area contributed by atoms with Crippen LogP contribution in [0.3, 0.4) is 0 Å². The molecule has 0 unspecified atom stereocenters. The first kappa shape index (κ1) is 20.7. The molecule has 2 fully saturated rings. The number of aliphatic hydroxyl groups is 1. The van der Waals surface area contributed by atoms with E-state index >= 15 is 0 Å². The molecule has 160 valence electrons. The van der Waals surface area contributed by atoms with Gasteiger partial charge < -0.3 is 19.3 Å². The number of benzene rings is 2. The number of carbonyl (C=O) groups is 1. The zero-order chi connectivity index (χ0) is 20.9. The number of methoxy groups -OCH3 is 1. The molecular formula is C24H29NO5. The van der Waals surface area contributed by atoms with Gasteiger partial charge in [0.25, 0.3) is 0 Å². The van der Waals surface area contributed by atoms with E-state index in [1.165, 1.54) is 7.11 Å². The number of esters is 1. The van der Waals surface area contributed by atoms with E-state index in [4.69, 9.17) is 14.2 Å². The van der Waals surface area contributed by atoms with E-state index in [-0.39, 0.29) is 6.10 Å². The number of rotatable bonds is 7. The van der Waals surface area contributed by atoms with Crippen LogP contribution in [0.5, 0.6) is 11.5 Å². The number of aliphatic hydroxyl groups excluding tert-OH is 1. The molecule has 0 spiro atoms. The van der Waals surface area contributed by atoms with E-state index in [0.717, 1.165) is 38.2 Å². The Kier molecular flexibility index (Phi) is 6.55. The summed E-state index contributed by atoms with van der Waals surface area (Å²) in [6.45, 7) is 3.53. The number of hydrogen-bond donors (Lipinski definition) is 1. The maximum Gasteiger partial charge on any atom is 0.337 e. The summed E-state index contributed by atoms with van der Waals surface area (Å²) in [7, 11) is 1.36. The number of likely N-dealkylation sites (tertiary alicyclic amines) is 1. The summed E-state index contributed by atoms with van der Waals surface area (Å²) in [5.41, 5.74) is 0.448.